The standard InChI is InChI=1S/C15H14ClN3O/c1-10-11(7-8-20-10)9-19(2)15-13-6-4-3-5-12(13)14(16)17-18-15/h3-8H,9H2,1-2H3. The number of fused-ring (bicyclic) bond motifs is 1. The second kappa shape index (κ2) is 5.13. The number of aromatic nitrogens is 2. The van der Waals surface area contributed by atoms with E-state index in [9.17, 15) is 0 Å². The number of rotatable bonds is 3. The molecular weight excluding hydrogens is 274 g/mol. The van der Waals surface area contributed by atoms with Gasteiger partial charge in [0.2, 0.25) is 0 Å². The van der Waals surface area contributed by atoms with Crippen LogP contribution in [0.1, 0.15) is 11.3 Å². The van der Waals surface area contributed by atoms with Gasteiger partial charge in [0.05, 0.1) is 6.26 Å². The first-order valence-electron chi connectivity index (χ1n) is 6.32. The van der Waals surface area contributed by atoms with E-state index in [0.29, 0.717) is 11.7 Å². The monoisotopic (exact) mass is 287 g/mol. The summed E-state index contributed by atoms with van der Waals surface area (Å²) in [6.07, 6.45) is 1.70. The first-order chi connectivity index (χ1) is 9.66. The Labute approximate surface area is 122 Å². The minimum atomic E-state index is 0.428. The van der Waals surface area contributed by atoms with Crippen LogP contribution in [0.2, 0.25) is 5.15 Å². The van der Waals surface area contributed by atoms with Crippen molar-refractivity contribution in [1.82, 2.24) is 10.2 Å². The van der Waals surface area contributed by atoms with E-state index in [4.69, 9.17) is 16.0 Å². The molecule has 0 bridgehead atoms. The van der Waals surface area contributed by atoms with Gasteiger partial charge in [0, 0.05) is 29.9 Å². The van der Waals surface area contributed by atoms with Crippen LogP contribution >= 0.6 is 11.6 Å². The molecule has 2 heterocycles. The number of halogens is 1. The summed E-state index contributed by atoms with van der Waals surface area (Å²) >= 11 is 6.09. The fraction of sp³-hybridized carbons (Fsp3) is 0.200. The number of nitrogens with zero attached hydrogens (tertiary/aromatic N) is 3. The second-order valence-electron chi connectivity index (χ2n) is 4.72. The van der Waals surface area contributed by atoms with Crippen molar-refractivity contribution in [3.63, 3.8) is 0 Å². The highest BCUT2D eigenvalue weighted by atomic mass is 35.5. The SMILES string of the molecule is Cc1occc1CN(C)c1nnc(Cl)c2ccccc12. The zero-order valence-corrected chi connectivity index (χ0v) is 12.1. The lowest BCUT2D eigenvalue weighted by Gasteiger charge is -2.19. The summed E-state index contributed by atoms with van der Waals surface area (Å²) in [6, 6.07) is 9.84. The van der Waals surface area contributed by atoms with E-state index >= 15 is 0 Å². The molecule has 0 aliphatic carbocycles. The second-order valence-corrected chi connectivity index (χ2v) is 5.08. The van der Waals surface area contributed by atoms with Crippen LogP contribution in [0.5, 0.6) is 0 Å². The Morgan fingerprint density at radius 1 is 1.15 bits per heavy atom. The Balaban J connectivity index is 2.02. The Kier molecular flexibility index (Phi) is 3.32. The molecule has 0 atom stereocenters. The van der Waals surface area contributed by atoms with Crippen molar-refractivity contribution in [2.45, 2.75) is 13.5 Å². The largest absolute Gasteiger partial charge is 0.469 e. The zero-order valence-electron chi connectivity index (χ0n) is 11.3. The quantitative estimate of drug-likeness (QED) is 0.734. The van der Waals surface area contributed by atoms with Crippen LogP contribution in [0.4, 0.5) is 5.82 Å². The maximum Gasteiger partial charge on any atom is 0.159 e. The zero-order chi connectivity index (χ0) is 14.1. The first kappa shape index (κ1) is 12.9. The van der Waals surface area contributed by atoms with Crippen molar-refractivity contribution < 1.29 is 4.42 Å². The van der Waals surface area contributed by atoms with Gasteiger partial charge in [-0.25, -0.2) is 0 Å². The number of aryl methyl sites for hydroxylation is 1. The van der Waals surface area contributed by atoms with Gasteiger partial charge >= 0.3 is 0 Å². The molecule has 3 rings (SSSR count). The van der Waals surface area contributed by atoms with E-state index in [-0.39, 0.29) is 0 Å². The van der Waals surface area contributed by atoms with Gasteiger partial charge in [-0.1, -0.05) is 35.9 Å². The van der Waals surface area contributed by atoms with E-state index < -0.39 is 0 Å². The maximum absolute atomic E-state index is 6.09. The molecule has 4 nitrogen and oxygen atoms in total. The van der Waals surface area contributed by atoms with Crippen molar-refractivity contribution in [2.75, 3.05) is 11.9 Å². The lowest BCUT2D eigenvalue weighted by atomic mass is 10.1. The molecule has 5 heteroatoms. The van der Waals surface area contributed by atoms with E-state index in [1.165, 1.54) is 0 Å². The fourth-order valence-electron chi connectivity index (χ4n) is 2.24. The lowest BCUT2D eigenvalue weighted by molar-refractivity contribution is 0.529. The number of benzene rings is 1. The van der Waals surface area contributed by atoms with Crippen molar-refractivity contribution in [1.29, 1.82) is 0 Å². The van der Waals surface area contributed by atoms with Gasteiger partial charge in [0.15, 0.2) is 11.0 Å². The van der Waals surface area contributed by atoms with Gasteiger partial charge < -0.3 is 9.32 Å². The molecular formula is C15H14ClN3O. The molecule has 0 unspecified atom stereocenters. The number of anilines is 1. The van der Waals surface area contributed by atoms with Gasteiger partial charge in [-0.05, 0) is 13.0 Å². The highest BCUT2D eigenvalue weighted by Crippen LogP contribution is 2.28. The van der Waals surface area contributed by atoms with Crippen LogP contribution in [0.15, 0.2) is 41.0 Å². The van der Waals surface area contributed by atoms with Crippen LogP contribution in [-0.2, 0) is 6.54 Å². The third-order valence-corrected chi connectivity index (χ3v) is 3.64. The molecule has 0 aliphatic rings. The van der Waals surface area contributed by atoms with Gasteiger partial charge in [-0.3, -0.25) is 0 Å². The van der Waals surface area contributed by atoms with E-state index in [1.54, 1.807) is 6.26 Å². The Bertz CT molecular complexity index is 754. The lowest BCUT2D eigenvalue weighted by Crippen LogP contribution is -2.18. The van der Waals surface area contributed by atoms with E-state index in [2.05, 4.69) is 10.2 Å². The van der Waals surface area contributed by atoms with Crippen molar-refractivity contribution in [2.24, 2.45) is 0 Å². The predicted molar refractivity (Wildman–Crippen MR) is 80.1 cm³/mol. The topological polar surface area (TPSA) is 42.2 Å². The summed E-state index contributed by atoms with van der Waals surface area (Å²) in [7, 11) is 1.98. The summed E-state index contributed by atoms with van der Waals surface area (Å²) < 4.78 is 5.32. The van der Waals surface area contributed by atoms with Gasteiger partial charge in [0.25, 0.3) is 0 Å². The van der Waals surface area contributed by atoms with Crippen LogP contribution in [-0.4, -0.2) is 17.2 Å². The summed E-state index contributed by atoms with van der Waals surface area (Å²) in [5, 5.41) is 10.6. The number of furan rings is 1. The first-order valence-corrected chi connectivity index (χ1v) is 6.69. The molecule has 1 aromatic carbocycles. The predicted octanol–water partition coefficient (Wildman–Crippen LogP) is 3.82. The third kappa shape index (κ3) is 2.23. The fourth-order valence-corrected chi connectivity index (χ4v) is 2.45. The molecule has 0 amide bonds. The van der Waals surface area contributed by atoms with E-state index in [0.717, 1.165) is 27.9 Å². The molecule has 0 fully saturated rings. The van der Waals surface area contributed by atoms with Crippen molar-refractivity contribution >= 4 is 28.2 Å². The summed E-state index contributed by atoms with van der Waals surface area (Å²) in [5.41, 5.74) is 1.13. The molecule has 0 spiro atoms. The minimum Gasteiger partial charge on any atom is -0.469 e. The highest BCUT2D eigenvalue weighted by Gasteiger charge is 2.13. The van der Waals surface area contributed by atoms with Crippen molar-refractivity contribution in [3.8, 4) is 0 Å². The average molecular weight is 288 g/mol. The molecule has 0 saturated carbocycles. The smallest absolute Gasteiger partial charge is 0.159 e. The Hall–Kier alpha value is -2.07. The molecule has 3 aromatic rings. The van der Waals surface area contributed by atoms with Gasteiger partial charge in [-0.2, -0.15) is 0 Å². The minimum absolute atomic E-state index is 0.428. The molecule has 20 heavy (non-hydrogen) atoms. The third-order valence-electron chi connectivity index (χ3n) is 3.36. The van der Waals surface area contributed by atoms with E-state index in [1.807, 2.05) is 49.2 Å². The summed E-state index contributed by atoms with van der Waals surface area (Å²) in [5.74, 6) is 1.73. The highest BCUT2D eigenvalue weighted by molar-refractivity contribution is 6.34. The normalized spacial score (nSPS) is 10.9. The Morgan fingerprint density at radius 3 is 2.60 bits per heavy atom. The molecule has 2 aromatic heterocycles. The van der Waals surface area contributed by atoms with Gasteiger partial charge in [0.1, 0.15) is 5.76 Å². The average Bonchev–Trinajstić information content (AvgIpc) is 2.85. The van der Waals surface area contributed by atoms with Gasteiger partial charge in [-0.15, -0.1) is 10.2 Å². The Morgan fingerprint density at radius 2 is 1.90 bits per heavy atom. The molecule has 0 N–H and O–H groups in total. The molecule has 0 radical (unpaired) electrons. The molecule has 0 aliphatic heterocycles. The molecule has 0 saturated heterocycles. The number of hydrogen-bond acceptors (Lipinski definition) is 4. The summed E-state index contributed by atoms with van der Waals surface area (Å²) in [6.45, 7) is 2.66. The molecule has 102 valence electrons. The van der Waals surface area contributed by atoms with Crippen LogP contribution < -0.4 is 4.90 Å². The summed E-state index contributed by atoms with van der Waals surface area (Å²) in [4.78, 5) is 2.05. The van der Waals surface area contributed by atoms with Crippen LogP contribution in [0.25, 0.3) is 10.8 Å². The van der Waals surface area contributed by atoms with Crippen molar-refractivity contribution in [3.05, 3.63) is 53.1 Å². The maximum atomic E-state index is 6.09. The van der Waals surface area contributed by atoms with Crippen LogP contribution in [0.3, 0.4) is 0 Å². The number of hydrogen-bond donors (Lipinski definition) is 0. The van der Waals surface area contributed by atoms with Crippen LogP contribution in [0, 0.1) is 6.92 Å².